The number of fused-ring (bicyclic) bond motifs is 3. The molecule has 0 amide bonds. The van der Waals surface area contributed by atoms with Crippen LogP contribution in [0.15, 0.2) is 36.4 Å². The summed E-state index contributed by atoms with van der Waals surface area (Å²) in [5, 5.41) is 2.71. The summed E-state index contributed by atoms with van der Waals surface area (Å²) in [7, 11) is 0. The van der Waals surface area contributed by atoms with Crippen LogP contribution in [-0.2, 0) is 5.54 Å². The molecule has 0 N–H and O–H groups in total. The summed E-state index contributed by atoms with van der Waals surface area (Å²) in [5.74, 6) is 0. The van der Waals surface area contributed by atoms with Gasteiger partial charge in [-0.15, -0.1) is 0 Å². The Bertz CT molecular complexity index is 710. The molecule has 19 heavy (non-hydrogen) atoms. The summed E-state index contributed by atoms with van der Waals surface area (Å²) in [6.07, 6.45) is 0. The van der Waals surface area contributed by atoms with E-state index >= 15 is 0 Å². The standard InChI is InChI=1S/C18H21N/c1-12-6-8-14-15-9-7-13(2)11-17(15)19(16(14)10-12)18(3,4)5/h6-11H,1-5H3. The largest absolute Gasteiger partial charge is 0.335 e. The van der Waals surface area contributed by atoms with E-state index in [2.05, 4.69) is 75.6 Å². The topological polar surface area (TPSA) is 4.93 Å². The van der Waals surface area contributed by atoms with Crippen molar-refractivity contribution in [1.29, 1.82) is 0 Å². The lowest BCUT2D eigenvalue weighted by atomic mass is 10.1. The van der Waals surface area contributed by atoms with E-state index in [4.69, 9.17) is 0 Å². The molecule has 3 rings (SSSR count). The van der Waals surface area contributed by atoms with Gasteiger partial charge in [0.15, 0.2) is 0 Å². The molecule has 1 heteroatoms. The maximum absolute atomic E-state index is 2.47. The number of rotatable bonds is 0. The van der Waals surface area contributed by atoms with Crippen molar-refractivity contribution in [3.63, 3.8) is 0 Å². The number of aryl methyl sites for hydroxylation is 2. The molecule has 0 aliphatic heterocycles. The van der Waals surface area contributed by atoms with Gasteiger partial charge in [-0.25, -0.2) is 0 Å². The molecule has 2 aromatic carbocycles. The Morgan fingerprint density at radius 3 is 1.53 bits per heavy atom. The Morgan fingerprint density at radius 2 is 1.16 bits per heavy atom. The lowest BCUT2D eigenvalue weighted by Crippen LogP contribution is -2.21. The minimum atomic E-state index is 0.0849. The Kier molecular flexibility index (Phi) is 2.50. The number of hydrogen-bond acceptors (Lipinski definition) is 0. The molecule has 3 aromatic rings. The lowest BCUT2D eigenvalue weighted by Gasteiger charge is -2.24. The number of benzene rings is 2. The van der Waals surface area contributed by atoms with Crippen LogP contribution in [0.5, 0.6) is 0 Å². The van der Waals surface area contributed by atoms with Crippen molar-refractivity contribution < 1.29 is 0 Å². The van der Waals surface area contributed by atoms with E-state index in [1.807, 2.05) is 0 Å². The summed E-state index contributed by atoms with van der Waals surface area (Å²) in [6.45, 7) is 11.1. The molecule has 0 spiro atoms. The minimum absolute atomic E-state index is 0.0849. The fraction of sp³-hybridized carbons (Fsp3) is 0.333. The van der Waals surface area contributed by atoms with Crippen LogP contribution in [0.4, 0.5) is 0 Å². The van der Waals surface area contributed by atoms with Crippen molar-refractivity contribution in [2.24, 2.45) is 0 Å². The first kappa shape index (κ1) is 12.3. The van der Waals surface area contributed by atoms with E-state index in [0.717, 1.165) is 0 Å². The number of hydrogen-bond donors (Lipinski definition) is 0. The van der Waals surface area contributed by atoms with Gasteiger partial charge in [-0.3, -0.25) is 0 Å². The number of aromatic nitrogens is 1. The smallest absolute Gasteiger partial charge is 0.0499 e. The zero-order valence-corrected chi connectivity index (χ0v) is 12.4. The maximum Gasteiger partial charge on any atom is 0.0499 e. The Labute approximate surface area is 114 Å². The molecule has 0 bridgehead atoms. The van der Waals surface area contributed by atoms with E-state index in [9.17, 15) is 0 Å². The van der Waals surface area contributed by atoms with Crippen LogP contribution in [0.2, 0.25) is 0 Å². The maximum atomic E-state index is 2.47. The van der Waals surface area contributed by atoms with Crippen LogP contribution in [0.25, 0.3) is 21.8 Å². The molecule has 0 saturated carbocycles. The molecule has 0 unspecified atom stereocenters. The summed E-state index contributed by atoms with van der Waals surface area (Å²) in [6, 6.07) is 13.5. The third kappa shape index (κ3) is 1.85. The lowest BCUT2D eigenvalue weighted by molar-refractivity contribution is 0.423. The van der Waals surface area contributed by atoms with Crippen LogP contribution < -0.4 is 0 Å². The van der Waals surface area contributed by atoms with E-state index in [-0.39, 0.29) is 5.54 Å². The van der Waals surface area contributed by atoms with Gasteiger partial charge in [0.1, 0.15) is 0 Å². The molecule has 0 atom stereocenters. The van der Waals surface area contributed by atoms with E-state index in [1.165, 1.54) is 32.9 Å². The zero-order valence-electron chi connectivity index (χ0n) is 12.4. The van der Waals surface area contributed by atoms with E-state index < -0.39 is 0 Å². The first-order valence-corrected chi connectivity index (χ1v) is 6.90. The van der Waals surface area contributed by atoms with Gasteiger partial charge in [-0.2, -0.15) is 0 Å². The molecule has 0 aliphatic carbocycles. The van der Waals surface area contributed by atoms with Crippen LogP contribution in [-0.4, -0.2) is 4.57 Å². The van der Waals surface area contributed by atoms with Gasteiger partial charge in [-0.05, 0) is 57.9 Å². The normalized spacial score (nSPS) is 12.5. The first-order valence-electron chi connectivity index (χ1n) is 6.90. The van der Waals surface area contributed by atoms with Crippen molar-refractivity contribution in [3.8, 4) is 0 Å². The molecule has 1 aromatic heterocycles. The van der Waals surface area contributed by atoms with Crippen molar-refractivity contribution in [2.75, 3.05) is 0 Å². The van der Waals surface area contributed by atoms with Crippen LogP contribution in [0, 0.1) is 13.8 Å². The average Bonchev–Trinajstić information content (AvgIpc) is 2.60. The predicted molar refractivity (Wildman–Crippen MR) is 83.9 cm³/mol. The molecule has 0 saturated heterocycles. The van der Waals surface area contributed by atoms with Gasteiger partial charge < -0.3 is 4.57 Å². The highest BCUT2D eigenvalue weighted by Crippen LogP contribution is 2.34. The Hall–Kier alpha value is -1.76. The molecule has 0 fully saturated rings. The third-order valence-electron chi connectivity index (χ3n) is 3.75. The highest BCUT2D eigenvalue weighted by Gasteiger charge is 2.20. The molecule has 0 aliphatic rings. The summed E-state index contributed by atoms with van der Waals surface area (Å²) in [5.41, 5.74) is 5.40. The summed E-state index contributed by atoms with van der Waals surface area (Å²) >= 11 is 0. The van der Waals surface area contributed by atoms with E-state index in [0.29, 0.717) is 0 Å². The second-order valence-corrected chi connectivity index (χ2v) is 6.55. The van der Waals surface area contributed by atoms with Crippen LogP contribution in [0.3, 0.4) is 0 Å². The van der Waals surface area contributed by atoms with E-state index in [1.54, 1.807) is 0 Å². The fourth-order valence-corrected chi connectivity index (χ4v) is 2.96. The minimum Gasteiger partial charge on any atom is -0.335 e. The van der Waals surface area contributed by atoms with Crippen LogP contribution >= 0.6 is 0 Å². The second-order valence-electron chi connectivity index (χ2n) is 6.55. The van der Waals surface area contributed by atoms with Crippen molar-refractivity contribution in [3.05, 3.63) is 47.5 Å². The third-order valence-corrected chi connectivity index (χ3v) is 3.75. The predicted octanol–water partition coefficient (Wildman–Crippen LogP) is 5.17. The molecule has 98 valence electrons. The zero-order chi connectivity index (χ0) is 13.8. The Balaban J connectivity index is 2.59. The quantitative estimate of drug-likeness (QED) is 0.519. The van der Waals surface area contributed by atoms with Gasteiger partial charge >= 0.3 is 0 Å². The molecule has 1 nitrogen and oxygen atoms in total. The van der Waals surface area contributed by atoms with Gasteiger partial charge in [0, 0.05) is 27.3 Å². The average molecular weight is 251 g/mol. The van der Waals surface area contributed by atoms with Gasteiger partial charge in [-0.1, -0.05) is 24.3 Å². The highest BCUT2D eigenvalue weighted by molar-refractivity contribution is 6.08. The second kappa shape index (κ2) is 3.86. The van der Waals surface area contributed by atoms with Crippen LogP contribution in [0.1, 0.15) is 31.9 Å². The fourth-order valence-electron chi connectivity index (χ4n) is 2.96. The SMILES string of the molecule is Cc1ccc2c3ccc(C)cc3n(C(C)(C)C)c2c1. The molecule has 0 radical (unpaired) electrons. The van der Waals surface area contributed by atoms with Crippen molar-refractivity contribution in [1.82, 2.24) is 4.57 Å². The van der Waals surface area contributed by atoms with Gasteiger partial charge in [0.2, 0.25) is 0 Å². The van der Waals surface area contributed by atoms with Gasteiger partial charge in [0.05, 0.1) is 0 Å². The molecular formula is C18H21N. The Morgan fingerprint density at radius 1 is 0.737 bits per heavy atom. The molecule has 1 heterocycles. The number of nitrogens with zero attached hydrogens (tertiary/aromatic N) is 1. The first-order chi connectivity index (χ1) is 8.88. The van der Waals surface area contributed by atoms with Crippen molar-refractivity contribution in [2.45, 2.75) is 40.2 Å². The summed E-state index contributed by atoms with van der Waals surface area (Å²) < 4.78 is 2.47. The monoisotopic (exact) mass is 251 g/mol. The van der Waals surface area contributed by atoms with Gasteiger partial charge in [0.25, 0.3) is 0 Å². The summed E-state index contributed by atoms with van der Waals surface area (Å²) in [4.78, 5) is 0. The molecular weight excluding hydrogens is 230 g/mol. The highest BCUT2D eigenvalue weighted by atomic mass is 15.0. The van der Waals surface area contributed by atoms with Crippen molar-refractivity contribution >= 4 is 21.8 Å².